The van der Waals surface area contributed by atoms with Gasteiger partial charge in [0.25, 0.3) is 0 Å². The molecule has 2 heterocycles. The minimum Gasteiger partial charge on any atom is -0.366 e. The van der Waals surface area contributed by atoms with Crippen LogP contribution in [0.4, 0.5) is 0 Å². The van der Waals surface area contributed by atoms with Gasteiger partial charge in [-0.2, -0.15) is 4.98 Å². The van der Waals surface area contributed by atoms with Crippen LogP contribution in [0.15, 0.2) is 28.8 Å². The molecule has 2 atom stereocenters. The first-order chi connectivity index (χ1) is 11.7. The molecule has 0 spiro atoms. The second-order valence-corrected chi connectivity index (χ2v) is 6.92. The van der Waals surface area contributed by atoms with Crippen molar-refractivity contribution < 1.29 is 9.32 Å². The van der Waals surface area contributed by atoms with Crippen LogP contribution >= 0.6 is 0 Å². The maximum atomic E-state index is 11.3. The van der Waals surface area contributed by atoms with Crippen LogP contribution in [0.1, 0.15) is 59.7 Å². The molecule has 0 bridgehead atoms. The van der Waals surface area contributed by atoms with Crippen molar-refractivity contribution in [2.24, 2.45) is 5.73 Å². The van der Waals surface area contributed by atoms with Gasteiger partial charge >= 0.3 is 0 Å². The highest BCUT2D eigenvalue weighted by Gasteiger charge is 2.49. The van der Waals surface area contributed by atoms with Crippen molar-refractivity contribution in [2.75, 3.05) is 6.54 Å². The Balaban J connectivity index is 1.57. The Hall–Kier alpha value is -2.21. The van der Waals surface area contributed by atoms with E-state index in [2.05, 4.69) is 10.5 Å². The number of primary amides is 1. The van der Waals surface area contributed by atoms with Crippen molar-refractivity contribution in [1.29, 1.82) is 0 Å². The predicted molar refractivity (Wildman–Crippen MR) is 88.6 cm³/mol. The summed E-state index contributed by atoms with van der Waals surface area (Å²) in [6, 6.07) is 7.73. The first-order valence-electron chi connectivity index (χ1n) is 8.63. The van der Waals surface area contributed by atoms with Crippen molar-refractivity contribution in [3.8, 4) is 0 Å². The number of nitrogens with two attached hydrogens (primary N) is 1. The quantitative estimate of drug-likeness (QED) is 0.895. The lowest BCUT2D eigenvalue weighted by atomic mass is 9.70. The van der Waals surface area contributed by atoms with Crippen LogP contribution in [0.25, 0.3) is 0 Å². The van der Waals surface area contributed by atoms with Crippen LogP contribution in [0.5, 0.6) is 0 Å². The predicted octanol–water partition coefficient (Wildman–Crippen LogP) is 1.93. The Morgan fingerprint density at radius 1 is 1.38 bits per heavy atom. The van der Waals surface area contributed by atoms with Crippen molar-refractivity contribution in [3.05, 3.63) is 47.1 Å². The lowest BCUT2D eigenvalue weighted by Gasteiger charge is -2.35. The van der Waals surface area contributed by atoms with E-state index >= 15 is 0 Å². The van der Waals surface area contributed by atoms with Crippen molar-refractivity contribution in [3.63, 3.8) is 0 Å². The summed E-state index contributed by atoms with van der Waals surface area (Å²) in [5, 5.41) is 7.78. The van der Waals surface area contributed by atoms with Crippen LogP contribution in [0.2, 0.25) is 0 Å². The fourth-order valence-electron chi connectivity index (χ4n) is 4.21. The van der Waals surface area contributed by atoms with Gasteiger partial charge < -0.3 is 15.6 Å². The Labute approximate surface area is 140 Å². The third kappa shape index (κ3) is 2.60. The first kappa shape index (κ1) is 15.3. The number of hydrogen-bond donors (Lipinski definition) is 2. The molecule has 1 aliphatic heterocycles. The highest BCUT2D eigenvalue weighted by Crippen LogP contribution is 2.44. The fourth-order valence-corrected chi connectivity index (χ4v) is 4.21. The smallest absolute Gasteiger partial charge is 0.248 e. The zero-order chi connectivity index (χ0) is 16.6. The van der Waals surface area contributed by atoms with Gasteiger partial charge in [-0.25, -0.2) is 0 Å². The number of rotatable bonds is 4. The number of benzene rings is 1. The molecule has 2 fully saturated rings. The van der Waals surface area contributed by atoms with Crippen molar-refractivity contribution >= 4 is 5.91 Å². The maximum absolute atomic E-state index is 11.3. The summed E-state index contributed by atoms with van der Waals surface area (Å²) in [5.74, 6) is 1.02. The summed E-state index contributed by atoms with van der Waals surface area (Å²) in [7, 11) is 0. The number of hydrogen-bond acceptors (Lipinski definition) is 5. The summed E-state index contributed by atoms with van der Waals surface area (Å²) in [6.45, 7) is 1.02. The van der Waals surface area contributed by atoms with Gasteiger partial charge in [0.2, 0.25) is 11.8 Å². The molecule has 1 aromatic carbocycles. The highest BCUT2D eigenvalue weighted by atomic mass is 16.5. The molecule has 0 unspecified atom stereocenters. The third-order valence-electron chi connectivity index (χ3n) is 5.46. The van der Waals surface area contributed by atoms with Gasteiger partial charge in [-0.15, -0.1) is 0 Å². The lowest BCUT2D eigenvalue weighted by molar-refractivity contribution is 0.1000. The third-order valence-corrected chi connectivity index (χ3v) is 5.46. The van der Waals surface area contributed by atoms with Gasteiger partial charge in [0.15, 0.2) is 5.82 Å². The van der Waals surface area contributed by atoms with Gasteiger partial charge in [-0.05, 0) is 43.5 Å². The van der Waals surface area contributed by atoms with E-state index in [0.717, 1.165) is 30.8 Å². The number of carbonyl (C=O) groups excluding carboxylic acids is 1. The molecule has 1 saturated carbocycles. The summed E-state index contributed by atoms with van der Waals surface area (Å²) in [4.78, 5) is 16.0. The van der Waals surface area contributed by atoms with Crippen molar-refractivity contribution in [2.45, 2.75) is 50.0 Å². The summed E-state index contributed by atoms with van der Waals surface area (Å²) < 4.78 is 5.67. The van der Waals surface area contributed by atoms with Gasteiger partial charge in [0, 0.05) is 18.0 Å². The van der Waals surface area contributed by atoms with E-state index in [1.807, 2.05) is 12.1 Å². The monoisotopic (exact) mass is 326 g/mol. The molecule has 6 heteroatoms. The number of fused-ring (bicyclic) bond motifs is 1. The maximum Gasteiger partial charge on any atom is 0.248 e. The summed E-state index contributed by atoms with van der Waals surface area (Å²) in [6.07, 6.45) is 6.38. The second kappa shape index (κ2) is 6.02. The molecule has 0 radical (unpaired) electrons. The van der Waals surface area contributed by atoms with E-state index in [-0.39, 0.29) is 5.41 Å². The largest absolute Gasteiger partial charge is 0.366 e. The Bertz CT molecular complexity index is 757. The lowest BCUT2D eigenvalue weighted by Crippen LogP contribution is -2.43. The Morgan fingerprint density at radius 2 is 2.29 bits per heavy atom. The highest BCUT2D eigenvalue weighted by molar-refractivity contribution is 5.92. The van der Waals surface area contributed by atoms with E-state index in [1.54, 1.807) is 12.1 Å². The molecule has 1 aliphatic carbocycles. The summed E-state index contributed by atoms with van der Waals surface area (Å²) in [5.41, 5.74) is 6.81. The zero-order valence-corrected chi connectivity index (χ0v) is 13.6. The molecule has 3 N–H and O–H groups in total. The van der Waals surface area contributed by atoms with E-state index < -0.39 is 5.91 Å². The van der Waals surface area contributed by atoms with Crippen LogP contribution in [-0.4, -0.2) is 28.6 Å². The SMILES string of the molecule is NC(=O)c1cccc(Cc2noc([C@@]34CCCC[C@@H]3NCC4)n2)c1. The molecule has 4 rings (SSSR count). The number of carbonyl (C=O) groups is 1. The van der Waals surface area contributed by atoms with Gasteiger partial charge in [-0.3, -0.25) is 4.79 Å². The Morgan fingerprint density at radius 3 is 3.17 bits per heavy atom. The van der Waals surface area contributed by atoms with Gasteiger partial charge in [0.1, 0.15) is 0 Å². The fraction of sp³-hybridized carbons (Fsp3) is 0.500. The second-order valence-electron chi connectivity index (χ2n) is 6.92. The molecule has 1 saturated heterocycles. The molecule has 1 amide bonds. The normalized spacial score (nSPS) is 26.2. The van der Waals surface area contributed by atoms with Crippen LogP contribution < -0.4 is 11.1 Å². The topological polar surface area (TPSA) is 94.0 Å². The standard InChI is InChI=1S/C18H22N4O2/c19-16(23)13-5-3-4-12(10-13)11-15-21-17(24-22-15)18-7-2-1-6-14(18)20-9-8-18/h3-5,10,14,20H,1-2,6-9,11H2,(H2,19,23)/t14-,18+/m0/s1. The van der Waals surface area contributed by atoms with Crippen molar-refractivity contribution in [1.82, 2.24) is 15.5 Å². The van der Waals surface area contributed by atoms with Crippen LogP contribution in [0.3, 0.4) is 0 Å². The zero-order valence-electron chi connectivity index (χ0n) is 13.6. The molecular weight excluding hydrogens is 304 g/mol. The molecule has 6 nitrogen and oxygen atoms in total. The number of aromatic nitrogens is 2. The Kier molecular flexibility index (Phi) is 3.84. The van der Waals surface area contributed by atoms with Crippen LogP contribution in [-0.2, 0) is 11.8 Å². The minimum absolute atomic E-state index is 0.0125. The molecular formula is C18H22N4O2. The number of nitrogens with zero attached hydrogens (tertiary/aromatic N) is 2. The molecule has 2 aromatic rings. The minimum atomic E-state index is -0.424. The number of nitrogens with one attached hydrogen (secondary N) is 1. The van der Waals surface area contributed by atoms with E-state index in [0.29, 0.717) is 23.9 Å². The summed E-state index contributed by atoms with van der Waals surface area (Å²) >= 11 is 0. The first-order valence-corrected chi connectivity index (χ1v) is 8.63. The van der Waals surface area contributed by atoms with E-state index in [1.165, 1.54) is 19.3 Å². The van der Waals surface area contributed by atoms with Gasteiger partial charge in [0.05, 0.1) is 5.41 Å². The van der Waals surface area contributed by atoms with E-state index in [4.69, 9.17) is 15.2 Å². The molecule has 2 aliphatic rings. The van der Waals surface area contributed by atoms with Gasteiger partial charge in [-0.1, -0.05) is 30.1 Å². The van der Waals surface area contributed by atoms with E-state index in [9.17, 15) is 4.79 Å². The molecule has 126 valence electrons. The average Bonchev–Trinajstić information content (AvgIpc) is 3.22. The molecule has 1 aromatic heterocycles. The molecule has 24 heavy (non-hydrogen) atoms. The number of amides is 1. The average molecular weight is 326 g/mol. The van der Waals surface area contributed by atoms with Crippen LogP contribution in [0, 0.1) is 0 Å².